The van der Waals surface area contributed by atoms with Gasteiger partial charge in [-0.2, -0.15) is 0 Å². The number of methoxy groups -OCH3 is 1. The van der Waals surface area contributed by atoms with Crippen LogP contribution in [-0.4, -0.2) is 55.3 Å². The summed E-state index contributed by atoms with van der Waals surface area (Å²) >= 11 is 0. The minimum atomic E-state index is -0.290. The summed E-state index contributed by atoms with van der Waals surface area (Å²) in [6.45, 7) is 2.58. The van der Waals surface area contributed by atoms with E-state index in [1.807, 2.05) is 12.1 Å². The van der Waals surface area contributed by atoms with Gasteiger partial charge in [0, 0.05) is 18.5 Å². The minimum Gasteiger partial charge on any atom is -0.497 e. The van der Waals surface area contributed by atoms with Gasteiger partial charge in [-0.3, -0.25) is 9.69 Å². The van der Waals surface area contributed by atoms with Gasteiger partial charge in [0.15, 0.2) is 0 Å². The summed E-state index contributed by atoms with van der Waals surface area (Å²) in [5, 5.41) is 12.9. The zero-order chi connectivity index (χ0) is 17.7. The molecule has 1 aliphatic carbocycles. The highest BCUT2D eigenvalue weighted by atomic mass is 16.5. The first-order chi connectivity index (χ1) is 12.1. The Kier molecular flexibility index (Phi) is 5.97. The largest absolute Gasteiger partial charge is 0.497 e. The van der Waals surface area contributed by atoms with Crippen molar-refractivity contribution in [2.75, 3.05) is 33.3 Å². The number of hydrogen-bond donors (Lipinski definition) is 2. The molecule has 1 heterocycles. The van der Waals surface area contributed by atoms with Crippen LogP contribution in [0.25, 0.3) is 0 Å². The van der Waals surface area contributed by atoms with Crippen molar-refractivity contribution in [2.45, 2.75) is 50.0 Å². The highest BCUT2D eigenvalue weighted by Gasteiger charge is 2.36. The summed E-state index contributed by atoms with van der Waals surface area (Å²) in [4.78, 5) is 14.4. The third kappa shape index (κ3) is 4.53. The van der Waals surface area contributed by atoms with Gasteiger partial charge >= 0.3 is 0 Å². The van der Waals surface area contributed by atoms with Crippen LogP contribution >= 0.6 is 0 Å². The van der Waals surface area contributed by atoms with Crippen LogP contribution in [0, 0.1) is 0 Å². The van der Waals surface area contributed by atoms with Crippen molar-refractivity contribution in [1.82, 2.24) is 10.2 Å². The Bertz CT molecular complexity index is 567. The number of hydrogen-bond acceptors (Lipinski definition) is 4. The van der Waals surface area contributed by atoms with Crippen LogP contribution in [-0.2, 0) is 10.2 Å². The lowest BCUT2D eigenvalue weighted by Gasteiger charge is -2.32. The first kappa shape index (κ1) is 18.2. The fraction of sp³-hybridized carbons (Fsp3) is 0.650. The van der Waals surface area contributed by atoms with E-state index >= 15 is 0 Å². The van der Waals surface area contributed by atoms with Crippen LogP contribution in [0.15, 0.2) is 24.3 Å². The lowest BCUT2D eigenvalue weighted by Crippen LogP contribution is -2.46. The summed E-state index contributed by atoms with van der Waals surface area (Å²) in [7, 11) is 1.68. The zero-order valence-electron chi connectivity index (χ0n) is 15.2. The molecule has 1 aliphatic heterocycles. The maximum absolute atomic E-state index is 12.4. The van der Waals surface area contributed by atoms with Gasteiger partial charge < -0.3 is 15.2 Å². The van der Waals surface area contributed by atoms with Crippen molar-refractivity contribution in [2.24, 2.45) is 0 Å². The average molecular weight is 346 g/mol. The summed E-state index contributed by atoms with van der Waals surface area (Å²) < 4.78 is 5.26. The van der Waals surface area contributed by atoms with E-state index in [2.05, 4.69) is 22.3 Å². The second kappa shape index (κ2) is 8.19. The van der Waals surface area contributed by atoms with E-state index in [0.717, 1.165) is 38.0 Å². The Morgan fingerprint density at radius 2 is 2.00 bits per heavy atom. The van der Waals surface area contributed by atoms with Crippen LogP contribution in [0.4, 0.5) is 0 Å². The monoisotopic (exact) mass is 346 g/mol. The van der Waals surface area contributed by atoms with E-state index < -0.39 is 0 Å². The number of ether oxygens (including phenoxy) is 1. The second-order valence-corrected chi connectivity index (χ2v) is 7.52. The molecule has 1 saturated carbocycles. The number of amides is 1. The van der Waals surface area contributed by atoms with Crippen LogP contribution in [0.3, 0.4) is 0 Å². The molecule has 1 amide bonds. The predicted molar refractivity (Wildman–Crippen MR) is 97.8 cm³/mol. The molecule has 0 spiro atoms. The fourth-order valence-corrected chi connectivity index (χ4v) is 4.27. The van der Waals surface area contributed by atoms with Gasteiger partial charge in [0.1, 0.15) is 5.75 Å². The van der Waals surface area contributed by atoms with Crippen LogP contribution in [0.2, 0.25) is 0 Å². The summed E-state index contributed by atoms with van der Waals surface area (Å²) in [5.41, 5.74) is 1.34. The van der Waals surface area contributed by atoms with Gasteiger partial charge in [0.2, 0.25) is 5.91 Å². The number of nitrogens with one attached hydrogen (secondary N) is 1. The molecule has 0 bridgehead atoms. The molecule has 0 radical (unpaired) electrons. The number of rotatable bonds is 6. The molecule has 0 aromatic heterocycles. The molecule has 25 heavy (non-hydrogen) atoms. The quantitative estimate of drug-likeness (QED) is 0.828. The molecule has 0 unspecified atom stereocenters. The third-order valence-corrected chi connectivity index (χ3v) is 5.73. The van der Waals surface area contributed by atoms with Crippen molar-refractivity contribution in [3.63, 3.8) is 0 Å². The molecule has 2 aliphatic rings. The molecule has 138 valence electrons. The Balaban J connectivity index is 1.58. The zero-order valence-corrected chi connectivity index (χ0v) is 15.2. The van der Waals surface area contributed by atoms with Crippen molar-refractivity contribution in [3.05, 3.63) is 29.8 Å². The number of likely N-dealkylation sites (tertiary alicyclic amines) is 1. The number of aliphatic hydroxyl groups excluding tert-OH is 1. The van der Waals surface area contributed by atoms with Crippen LogP contribution in [0.5, 0.6) is 5.75 Å². The number of carbonyl (C=O) groups is 1. The molecule has 5 nitrogen and oxygen atoms in total. The van der Waals surface area contributed by atoms with Gasteiger partial charge in [0.25, 0.3) is 0 Å². The lowest BCUT2D eigenvalue weighted by atomic mass is 9.78. The highest BCUT2D eigenvalue weighted by Crippen LogP contribution is 2.41. The molecular weight excluding hydrogens is 316 g/mol. The van der Waals surface area contributed by atoms with E-state index in [4.69, 9.17) is 4.74 Å². The van der Waals surface area contributed by atoms with Crippen molar-refractivity contribution >= 4 is 5.91 Å². The van der Waals surface area contributed by atoms with Gasteiger partial charge in [-0.15, -0.1) is 0 Å². The topological polar surface area (TPSA) is 61.8 Å². The minimum absolute atomic E-state index is 0.0450. The summed E-state index contributed by atoms with van der Waals surface area (Å²) in [6.07, 6.45) is 6.16. The molecule has 1 atom stereocenters. The van der Waals surface area contributed by atoms with Crippen molar-refractivity contribution in [1.29, 1.82) is 0 Å². The van der Waals surface area contributed by atoms with Gasteiger partial charge in [-0.1, -0.05) is 25.0 Å². The molecule has 3 rings (SSSR count). The third-order valence-electron chi connectivity index (χ3n) is 5.73. The number of carbonyl (C=O) groups excluding carboxylic acids is 1. The Hall–Kier alpha value is -1.59. The van der Waals surface area contributed by atoms with Gasteiger partial charge in [-0.25, -0.2) is 0 Å². The van der Waals surface area contributed by atoms with E-state index in [1.54, 1.807) is 7.11 Å². The Morgan fingerprint density at radius 3 is 2.64 bits per heavy atom. The maximum Gasteiger partial charge on any atom is 0.234 e. The maximum atomic E-state index is 12.4. The highest BCUT2D eigenvalue weighted by molar-refractivity contribution is 5.78. The van der Waals surface area contributed by atoms with Gasteiger partial charge in [0.05, 0.1) is 19.8 Å². The van der Waals surface area contributed by atoms with E-state index in [0.29, 0.717) is 19.6 Å². The van der Waals surface area contributed by atoms with Crippen molar-refractivity contribution in [3.8, 4) is 5.75 Å². The molecular formula is C20H30N2O3. The molecule has 5 heteroatoms. The van der Waals surface area contributed by atoms with E-state index in [-0.39, 0.29) is 17.4 Å². The lowest BCUT2D eigenvalue weighted by molar-refractivity contribution is -0.123. The summed E-state index contributed by atoms with van der Waals surface area (Å²) in [6, 6.07) is 8.29. The number of aliphatic hydroxyl groups is 1. The average Bonchev–Trinajstić information content (AvgIpc) is 3.10. The Labute approximate surface area is 150 Å². The predicted octanol–water partition coefficient (Wildman–Crippen LogP) is 2.08. The second-order valence-electron chi connectivity index (χ2n) is 7.52. The molecule has 2 N–H and O–H groups in total. The Morgan fingerprint density at radius 1 is 1.28 bits per heavy atom. The van der Waals surface area contributed by atoms with E-state index in [9.17, 15) is 9.90 Å². The fourth-order valence-electron chi connectivity index (χ4n) is 4.27. The first-order valence-electron chi connectivity index (χ1n) is 9.43. The number of piperidine rings is 1. The van der Waals surface area contributed by atoms with Crippen molar-refractivity contribution < 1.29 is 14.6 Å². The van der Waals surface area contributed by atoms with Gasteiger partial charge in [-0.05, 0) is 49.9 Å². The first-order valence-corrected chi connectivity index (χ1v) is 9.43. The van der Waals surface area contributed by atoms with E-state index in [1.165, 1.54) is 18.4 Å². The number of nitrogens with zero attached hydrogens (tertiary/aromatic N) is 1. The van der Waals surface area contributed by atoms with Crippen LogP contribution in [0.1, 0.15) is 44.1 Å². The molecule has 1 aromatic carbocycles. The SMILES string of the molecule is COc1ccc(C2(CNC(=O)CN3CCC[C@H](O)C3)CCCC2)cc1. The normalized spacial score (nSPS) is 23.4. The smallest absolute Gasteiger partial charge is 0.234 e. The number of benzene rings is 1. The molecule has 1 aromatic rings. The summed E-state index contributed by atoms with van der Waals surface area (Å²) in [5.74, 6) is 0.929. The molecule has 2 fully saturated rings. The molecule has 1 saturated heterocycles. The number of β-amino-alcohol motifs (C(OH)–C–C–N with tert-alkyl or cyclic N) is 1. The van der Waals surface area contributed by atoms with Crippen LogP contribution < -0.4 is 10.1 Å². The standard InChI is InChI=1S/C20H30N2O3/c1-25-18-8-6-16(7-9-18)20(10-2-3-11-20)15-21-19(24)14-22-12-4-5-17(23)13-22/h6-9,17,23H,2-5,10-15H2,1H3,(H,21,24)/t17-/m0/s1.